The van der Waals surface area contributed by atoms with Crippen LogP contribution in [-0.2, 0) is 6.54 Å². The van der Waals surface area contributed by atoms with E-state index in [9.17, 15) is 9.59 Å². The number of rotatable bonds is 5. The van der Waals surface area contributed by atoms with Crippen LogP contribution in [0.5, 0.6) is 0 Å². The SMILES string of the molecule is CCn1c(=S)[nH]c2cc(C(=O)N(CC3CC3)C3CC3)ccc2c1=O. The Balaban J connectivity index is 1.72. The van der Waals surface area contributed by atoms with Crippen molar-refractivity contribution >= 4 is 29.0 Å². The third-order valence-electron chi connectivity index (χ3n) is 4.95. The topological polar surface area (TPSA) is 58.1 Å². The van der Waals surface area contributed by atoms with Crippen LogP contribution in [0, 0.1) is 10.7 Å². The Morgan fingerprint density at radius 1 is 1.33 bits per heavy atom. The largest absolute Gasteiger partial charge is 0.335 e. The fourth-order valence-corrected chi connectivity index (χ4v) is 3.53. The van der Waals surface area contributed by atoms with Crippen LogP contribution in [0.2, 0.25) is 0 Å². The molecule has 6 heteroatoms. The third-order valence-corrected chi connectivity index (χ3v) is 5.27. The lowest BCUT2D eigenvalue weighted by Crippen LogP contribution is -2.35. The Hall–Kier alpha value is -1.95. The average Bonchev–Trinajstić information content (AvgIpc) is 3.45. The highest BCUT2D eigenvalue weighted by atomic mass is 32.1. The standard InChI is InChI=1S/C18H21N3O2S/c1-2-20-17(23)14-8-5-12(9-15(14)19-18(20)24)16(22)21(13-6-7-13)10-11-3-4-11/h5,8-9,11,13H,2-4,6-7,10H2,1H3,(H,19,24). The molecule has 4 rings (SSSR count). The predicted molar refractivity (Wildman–Crippen MR) is 95.8 cm³/mol. The normalized spacial score (nSPS) is 17.2. The minimum Gasteiger partial charge on any atom is -0.335 e. The highest BCUT2D eigenvalue weighted by Crippen LogP contribution is 2.35. The molecular weight excluding hydrogens is 322 g/mol. The van der Waals surface area contributed by atoms with E-state index in [1.165, 1.54) is 17.4 Å². The monoisotopic (exact) mass is 343 g/mol. The molecular formula is C18H21N3O2S. The fraction of sp³-hybridized carbons (Fsp3) is 0.500. The second-order valence-corrected chi connectivity index (χ2v) is 7.26. The molecule has 2 aliphatic rings. The summed E-state index contributed by atoms with van der Waals surface area (Å²) in [6.45, 7) is 3.29. The zero-order chi connectivity index (χ0) is 16.8. The summed E-state index contributed by atoms with van der Waals surface area (Å²) in [4.78, 5) is 30.5. The van der Waals surface area contributed by atoms with Gasteiger partial charge in [0.25, 0.3) is 11.5 Å². The van der Waals surface area contributed by atoms with E-state index in [2.05, 4.69) is 4.98 Å². The molecule has 1 heterocycles. The van der Waals surface area contributed by atoms with Crippen LogP contribution in [0.1, 0.15) is 43.0 Å². The number of hydrogen-bond donors (Lipinski definition) is 1. The molecule has 2 aromatic rings. The lowest BCUT2D eigenvalue weighted by molar-refractivity contribution is 0.0735. The van der Waals surface area contributed by atoms with Crippen molar-refractivity contribution in [2.75, 3.05) is 6.54 Å². The van der Waals surface area contributed by atoms with Crippen molar-refractivity contribution in [2.24, 2.45) is 5.92 Å². The third kappa shape index (κ3) is 2.79. The Morgan fingerprint density at radius 2 is 2.08 bits per heavy atom. The molecule has 0 radical (unpaired) electrons. The zero-order valence-electron chi connectivity index (χ0n) is 13.7. The number of H-pyrrole nitrogens is 1. The first kappa shape index (κ1) is 15.6. The van der Waals surface area contributed by atoms with E-state index in [0.29, 0.717) is 39.7 Å². The van der Waals surface area contributed by atoms with Gasteiger partial charge in [0.15, 0.2) is 4.77 Å². The summed E-state index contributed by atoms with van der Waals surface area (Å²) in [6, 6.07) is 5.69. The minimum atomic E-state index is -0.104. The number of fused-ring (bicyclic) bond motifs is 1. The molecule has 1 N–H and O–H groups in total. The van der Waals surface area contributed by atoms with Gasteiger partial charge in [-0.1, -0.05) is 0 Å². The van der Waals surface area contributed by atoms with Crippen LogP contribution in [0.4, 0.5) is 0 Å². The Morgan fingerprint density at radius 3 is 2.71 bits per heavy atom. The molecule has 0 bridgehead atoms. The first-order valence-corrected chi connectivity index (χ1v) is 9.07. The van der Waals surface area contributed by atoms with Crippen molar-refractivity contribution in [3.05, 3.63) is 38.9 Å². The van der Waals surface area contributed by atoms with Crippen LogP contribution in [0.25, 0.3) is 10.9 Å². The van der Waals surface area contributed by atoms with Gasteiger partial charge in [-0.15, -0.1) is 0 Å². The first-order valence-electron chi connectivity index (χ1n) is 8.66. The number of carbonyl (C=O) groups excluding carboxylic acids is 1. The van der Waals surface area contributed by atoms with Gasteiger partial charge in [-0.05, 0) is 68.9 Å². The number of amides is 1. The van der Waals surface area contributed by atoms with Gasteiger partial charge >= 0.3 is 0 Å². The van der Waals surface area contributed by atoms with E-state index in [1.54, 1.807) is 18.2 Å². The average molecular weight is 343 g/mol. The van der Waals surface area contributed by atoms with Gasteiger partial charge < -0.3 is 9.88 Å². The zero-order valence-corrected chi connectivity index (χ0v) is 14.6. The van der Waals surface area contributed by atoms with Gasteiger partial charge in [0.05, 0.1) is 10.9 Å². The lowest BCUT2D eigenvalue weighted by Gasteiger charge is -2.22. The fourth-order valence-electron chi connectivity index (χ4n) is 3.20. The van der Waals surface area contributed by atoms with Crippen LogP contribution in [-0.4, -0.2) is 32.9 Å². The Labute approximate surface area is 145 Å². The van der Waals surface area contributed by atoms with Crippen molar-refractivity contribution in [1.29, 1.82) is 0 Å². The molecule has 24 heavy (non-hydrogen) atoms. The Kier molecular flexibility index (Phi) is 3.79. The number of carbonyl (C=O) groups is 1. The van der Waals surface area contributed by atoms with E-state index >= 15 is 0 Å². The molecule has 0 atom stereocenters. The van der Waals surface area contributed by atoms with Crippen LogP contribution in [0.15, 0.2) is 23.0 Å². The van der Waals surface area contributed by atoms with Gasteiger partial charge in [-0.25, -0.2) is 0 Å². The molecule has 5 nitrogen and oxygen atoms in total. The number of aromatic amines is 1. The summed E-state index contributed by atoms with van der Waals surface area (Å²) in [7, 11) is 0. The highest BCUT2D eigenvalue weighted by molar-refractivity contribution is 7.71. The quantitative estimate of drug-likeness (QED) is 0.849. The molecule has 2 fully saturated rings. The summed E-state index contributed by atoms with van der Waals surface area (Å²) in [5.74, 6) is 0.753. The smallest absolute Gasteiger partial charge is 0.262 e. The van der Waals surface area contributed by atoms with Crippen LogP contribution in [0.3, 0.4) is 0 Å². The lowest BCUT2D eigenvalue weighted by atomic mass is 10.1. The molecule has 1 amide bonds. The Bertz CT molecular complexity index is 922. The van der Waals surface area contributed by atoms with E-state index in [0.717, 1.165) is 19.4 Å². The maximum Gasteiger partial charge on any atom is 0.262 e. The van der Waals surface area contributed by atoms with E-state index in [4.69, 9.17) is 12.2 Å². The summed E-state index contributed by atoms with van der Waals surface area (Å²) in [5.41, 5.74) is 1.17. The second kappa shape index (κ2) is 5.84. The maximum atomic E-state index is 12.9. The number of nitrogens with one attached hydrogen (secondary N) is 1. The molecule has 0 saturated heterocycles. The van der Waals surface area contributed by atoms with E-state index in [-0.39, 0.29) is 11.5 Å². The molecule has 1 aromatic carbocycles. The van der Waals surface area contributed by atoms with Crippen molar-refractivity contribution < 1.29 is 4.79 Å². The van der Waals surface area contributed by atoms with Gasteiger partial charge in [0.2, 0.25) is 0 Å². The van der Waals surface area contributed by atoms with Crippen LogP contribution < -0.4 is 5.56 Å². The summed E-state index contributed by atoms with van der Waals surface area (Å²) in [5, 5.41) is 0.571. The van der Waals surface area contributed by atoms with Crippen molar-refractivity contribution in [1.82, 2.24) is 14.5 Å². The summed E-state index contributed by atoms with van der Waals surface area (Å²) < 4.78 is 1.93. The number of nitrogens with zero attached hydrogens (tertiary/aromatic N) is 2. The van der Waals surface area contributed by atoms with Gasteiger partial charge in [-0.3, -0.25) is 14.2 Å². The molecule has 126 valence electrons. The van der Waals surface area contributed by atoms with Crippen molar-refractivity contribution in [3.8, 4) is 0 Å². The van der Waals surface area contributed by atoms with Crippen molar-refractivity contribution in [3.63, 3.8) is 0 Å². The first-order chi connectivity index (χ1) is 11.6. The van der Waals surface area contributed by atoms with E-state index < -0.39 is 0 Å². The second-order valence-electron chi connectivity index (χ2n) is 6.87. The molecule has 2 saturated carbocycles. The van der Waals surface area contributed by atoms with E-state index in [1.807, 2.05) is 11.8 Å². The van der Waals surface area contributed by atoms with Gasteiger partial charge in [-0.2, -0.15) is 0 Å². The molecule has 0 aliphatic heterocycles. The summed E-state index contributed by atoms with van der Waals surface area (Å²) in [6.07, 6.45) is 4.68. The minimum absolute atomic E-state index is 0.0743. The van der Waals surface area contributed by atoms with Crippen molar-refractivity contribution in [2.45, 2.75) is 45.2 Å². The maximum absolute atomic E-state index is 12.9. The van der Waals surface area contributed by atoms with Gasteiger partial charge in [0, 0.05) is 24.7 Å². The number of hydrogen-bond acceptors (Lipinski definition) is 3. The number of benzene rings is 1. The molecule has 1 aromatic heterocycles. The number of aromatic nitrogens is 2. The van der Waals surface area contributed by atoms with Gasteiger partial charge in [0.1, 0.15) is 0 Å². The molecule has 2 aliphatic carbocycles. The molecule has 0 unspecified atom stereocenters. The predicted octanol–water partition coefficient (Wildman–Crippen LogP) is 3.09. The van der Waals surface area contributed by atoms with Crippen LogP contribution >= 0.6 is 12.2 Å². The highest BCUT2D eigenvalue weighted by Gasteiger charge is 2.36. The summed E-state index contributed by atoms with van der Waals surface area (Å²) >= 11 is 5.26. The molecule has 0 spiro atoms.